The fourth-order valence-electron chi connectivity index (χ4n) is 8.61. The molecule has 2 aliphatic rings. The Labute approximate surface area is 306 Å². The molecule has 0 atom stereocenters. The van der Waals surface area contributed by atoms with Gasteiger partial charge in [-0.05, 0) is 82.4 Å². The van der Waals surface area contributed by atoms with Gasteiger partial charge in [-0.2, -0.15) is 0 Å². The molecule has 252 valence electrons. The third-order valence-electron chi connectivity index (χ3n) is 11.3. The summed E-state index contributed by atoms with van der Waals surface area (Å²) in [6.07, 6.45) is 0. The summed E-state index contributed by atoms with van der Waals surface area (Å²) in [7, 11) is 0. The quantitative estimate of drug-likeness (QED) is 0.173. The molecule has 0 amide bonds. The van der Waals surface area contributed by atoms with E-state index in [-0.39, 0.29) is 16.3 Å². The molecule has 0 saturated heterocycles. The van der Waals surface area contributed by atoms with Crippen LogP contribution in [0.25, 0.3) is 33.1 Å². The highest BCUT2D eigenvalue weighted by atomic mass is 32.1. The van der Waals surface area contributed by atoms with Crippen LogP contribution in [-0.2, 0) is 10.8 Å². The number of benzene rings is 6. The zero-order chi connectivity index (χ0) is 35.4. The van der Waals surface area contributed by atoms with Crippen molar-refractivity contribution in [1.29, 1.82) is 0 Å². The summed E-state index contributed by atoms with van der Waals surface area (Å²) >= 11 is 1.79. The first kappa shape index (κ1) is 30.9. The molecule has 6 aromatic carbocycles. The smallest absolute Gasteiger partial charge is 0.200 e. The molecule has 0 saturated carbocycles. The summed E-state index contributed by atoms with van der Waals surface area (Å²) < 4.78 is 6.43. The second kappa shape index (κ2) is 11.0. The van der Waals surface area contributed by atoms with Gasteiger partial charge in [-0.25, -0.2) is 0 Å². The Hall–Kier alpha value is -5.91. The van der Waals surface area contributed by atoms with Gasteiger partial charge in [0.2, 0.25) is 5.43 Å². The van der Waals surface area contributed by atoms with E-state index in [9.17, 15) is 4.79 Å². The molecule has 4 nitrogen and oxygen atoms in total. The SMILES string of the molecule is CC1(C)c2ccccc2N(c2cc(-c3ccc4c(=O)c5ccccc5oc4c3)c(N3c4ccccc4C(C)(C)c4ccccc43)s2)c2ccccc21. The summed E-state index contributed by atoms with van der Waals surface area (Å²) in [6, 6.07) is 51.1. The average molecular weight is 693 g/mol. The van der Waals surface area contributed by atoms with Gasteiger partial charge in [0.1, 0.15) is 21.2 Å². The minimum absolute atomic E-state index is 0.0140. The lowest BCUT2D eigenvalue weighted by atomic mass is 9.73. The number of thiophene rings is 1. The van der Waals surface area contributed by atoms with Crippen LogP contribution in [0, 0.1) is 0 Å². The maximum atomic E-state index is 13.6. The summed E-state index contributed by atoms with van der Waals surface area (Å²) in [4.78, 5) is 18.5. The molecule has 5 heteroatoms. The summed E-state index contributed by atoms with van der Waals surface area (Å²) in [5, 5.41) is 3.39. The van der Waals surface area contributed by atoms with Gasteiger partial charge in [0.05, 0.1) is 33.5 Å². The predicted octanol–water partition coefficient (Wildman–Crippen LogP) is 12.9. The summed E-state index contributed by atoms with van der Waals surface area (Å²) in [6.45, 7) is 9.29. The number of anilines is 6. The van der Waals surface area contributed by atoms with Gasteiger partial charge < -0.3 is 14.2 Å². The van der Waals surface area contributed by atoms with E-state index in [1.807, 2.05) is 36.4 Å². The van der Waals surface area contributed by atoms with Crippen LogP contribution in [0.3, 0.4) is 0 Å². The fraction of sp³-hybridized carbons (Fsp3) is 0.128. The molecule has 0 spiro atoms. The number of para-hydroxylation sites is 5. The van der Waals surface area contributed by atoms with E-state index < -0.39 is 0 Å². The van der Waals surface area contributed by atoms with Crippen molar-refractivity contribution in [3.05, 3.63) is 178 Å². The maximum absolute atomic E-state index is 13.6. The van der Waals surface area contributed by atoms with Crippen LogP contribution in [0.4, 0.5) is 32.8 Å². The third kappa shape index (κ3) is 4.29. The van der Waals surface area contributed by atoms with Crippen molar-refractivity contribution in [3.8, 4) is 11.1 Å². The Morgan fingerprint density at radius 2 is 0.962 bits per heavy atom. The first-order valence-electron chi connectivity index (χ1n) is 17.8. The van der Waals surface area contributed by atoms with Gasteiger partial charge in [-0.1, -0.05) is 130 Å². The first-order valence-corrected chi connectivity index (χ1v) is 18.6. The molecule has 0 fully saturated rings. The van der Waals surface area contributed by atoms with Crippen molar-refractivity contribution in [2.75, 3.05) is 9.80 Å². The number of fused-ring (bicyclic) bond motifs is 6. The monoisotopic (exact) mass is 692 g/mol. The van der Waals surface area contributed by atoms with E-state index in [1.165, 1.54) is 45.0 Å². The van der Waals surface area contributed by atoms with Crippen LogP contribution < -0.4 is 15.2 Å². The molecular formula is C47H36N2O2S. The molecule has 4 heterocycles. The van der Waals surface area contributed by atoms with Gasteiger partial charge in [-0.3, -0.25) is 4.79 Å². The van der Waals surface area contributed by atoms with Gasteiger partial charge in [0, 0.05) is 16.4 Å². The van der Waals surface area contributed by atoms with Crippen LogP contribution in [-0.4, -0.2) is 0 Å². The zero-order valence-corrected chi connectivity index (χ0v) is 30.3. The van der Waals surface area contributed by atoms with Crippen LogP contribution in [0.5, 0.6) is 0 Å². The normalized spacial score (nSPS) is 15.2. The Morgan fingerprint density at radius 3 is 1.52 bits per heavy atom. The van der Waals surface area contributed by atoms with Crippen molar-refractivity contribution in [2.45, 2.75) is 38.5 Å². The standard InChI is InChI=1S/C47H36N2O2S/c1-46(2)33-16-6-10-20-37(33)48(38-21-11-7-17-34(38)46)43-28-32(29-25-26-31-42(27-29)51-41-24-14-5-15-30(41)44(31)50)45(52-43)49-39-22-12-8-18-35(39)47(3,4)36-19-9-13-23-40(36)49/h5-28H,1-4H3. The molecule has 0 radical (unpaired) electrons. The number of rotatable bonds is 3. The highest BCUT2D eigenvalue weighted by Crippen LogP contribution is 2.59. The van der Waals surface area contributed by atoms with Crippen molar-refractivity contribution in [2.24, 2.45) is 0 Å². The van der Waals surface area contributed by atoms with Crippen molar-refractivity contribution < 1.29 is 4.42 Å². The Morgan fingerprint density at radius 1 is 0.500 bits per heavy atom. The highest BCUT2D eigenvalue weighted by Gasteiger charge is 2.40. The van der Waals surface area contributed by atoms with Crippen molar-refractivity contribution in [1.82, 2.24) is 0 Å². The van der Waals surface area contributed by atoms with Crippen molar-refractivity contribution in [3.63, 3.8) is 0 Å². The van der Waals surface area contributed by atoms with E-state index >= 15 is 0 Å². The molecule has 0 N–H and O–H groups in total. The molecule has 0 aliphatic carbocycles. The lowest BCUT2D eigenvalue weighted by molar-refractivity contribution is 0.632. The minimum Gasteiger partial charge on any atom is -0.456 e. The van der Waals surface area contributed by atoms with Crippen LogP contribution >= 0.6 is 11.3 Å². The van der Waals surface area contributed by atoms with E-state index in [4.69, 9.17) is 4.42 Å². The molecule has 52 heavy (non-hydrogen) atoms. The van der Waals surface area contributed by atoms with Gasteiger partial charge >= 0.3 is 0 Å². The Kier molecular flexibility index (Phi) is 6.56. The highest BCUT2D eigenvalue weighted by molar-refractivity contribution is 7.21. The largest absolute Gasteiger partial charge is 0.456 e. The third-order valence-corrected chi connectivity index (χ3v) is 12.4. The number of hydrogen-bond acceptors (Lipinski definition) is 5. The van der Waals surface area contributed by atoms with Crippen LogP contribution in [0.2, 0.25) is 0 Å². The fourth-order valence-corrected chi connectivity index (χ4v) is 9.85. The number of hydrogen-bond donors (Lipinski definition) is 0. The molecule has 2 aliphatic heterocycles. The second-order valence-corrected chi connectivity index (χ2v) is 15.9. The van der Waals surface area contributed by atoms with E-state index in [0.29, 0.717) is 21.9 Å². The van der Waals surface area contributed by atoms with Gasteiger partial charge in [0.15, 0.2) is 0 Å². The average Bonchev–Trinajstić information content (AvgIpc) is 3.59. The Balaban J connectivity index is 1.27. The van der Waals surface area contributed by atoms with E-state index in [2.05, 4.69) is 147 Å². The molecule has 10 rings (SSSR count). The molecule has 8 aromatic rings. The molecule has 2 aromatic heterocycles. The lowest BCUT2D eigenvalue weighted by Crippen LogP contribution is -2.30. The summed E-state index contributed by atoms with van der Waals surface area (Å²) in [5.41, 5.74) is 12.7. The second-order valence-electron chi connectivity index (χ2n) is 14.9. The van der Waals surface area contributed by atoms with Crippen LogP contribution in [0.15, 0.2) is 155 Å². The molecule has 0 bridgehead atoms. The number of nitrogens with zero attached hydrogens (tertiary/aromatic N) is 2. The Bertz CT molecular complexity index is 2710. The summed E-state index contributed by atoms with van der Waals surface area (Å²) in [5.74, 6) is 0. The topological polar surface area (TPSA) is 36.7 Å². The lowest BCUT2D eigenvalue weighted by Gasteiger charge is -2.42. The van der Waals surface area contributed by atoms with Crippen molar-refractivity contribution >= 4 is 66.0 Å². The van der Waals surface area contributed by atoms with Gasteiger partial charge in [-0.15, -0.1) is 0 Å². The van der Waals surface area contributed by atoms with Gasteiger partial charge in [0.25, 0.3) is 0 Å². The van der Waals surface area contributed by atoms with Crippen LogP contribution in [0.1, 0.15) is 49.9 Å². The zero-order valence-electron chi connectivity index (χ0n) is 29.5. The molecular weight excluding hydrogens is 657 g/mol. The maximum Gasteiger partial charge on any atom is 0.200 e. The van der Waals surface area contributed by atoms with E-state index in [1.54, 1.807) is 11.3 Å². The molecule has 0 unspecified atom stereocenters. The van der Waals surface area contributed by atoms with E-state index in [0.717, 1.165) is 21.1 Å². The minimum atomic E-state index is -0.187. The predicted molar refractivity (Wildman–Crippen MR) is 217 cm³/mol. The first-order chi connectivity index (χ1) is 25.2.